The van der Waals surface area contributed by atoms with Crippen LogP contribution in [0.15, 0.2) is 34.9 Å². The molecule has 0 spiro atoms. The minimum atomic E-state index is 0.0682. The molecule has 4 nitrogen and oxygen atoms in total. The van der Waals surface area contributed by atoms with Crippen molar-refractivity contribution in [3.63, 3.8) is 0 Å². The highest BCUT2D eigenvalue weighted by atomic mass is 16.3. The van der Waals surface area contributed by atoms with E-state index in [4.69, 9.17) is 10.2 Å². The Morgan fingerprint density at radius 1 is 1.39 bits per heavy atom. The van der Waals surface area contributed by atoms with E-state index >= 15 is 0 Å². The lowest BCUT2D eigenvalue weighted by Gasteiger charge is -2.33. The summed E-state index contributed by atoms with van der Waals surface area (Å²) in [6.07, 6.45) is 3.22. The maximum Gasteiger partial charge on any atom is 0.230 e. The van der Waals surface area contributed by atoms with Crippen molar-refractivity contribution in [3.05, 3.63) is 30.5 Å². The molecule has 1 amide bonds. The number of carbonyl (C=O) groups is 1. The van der Waals surface area contributed by atoms with Gasteiger partial charge < -0.3 is 15.1 Å². The molecular weight excluding hydrogens is 228 g/mol. The summed E-state index contributed by atoms with van der Waals surface area (Å²) in [4.78, 5) is 13.9. The van der Waals surface area contributed by atoms with Crippen LogP contribution >= 0.6 is 0 Å². The number of nitrogens with zero attached hydrogens (tertiary/aromatic N) is 1. The first kappa shape index (κ1) is 11.3. The number of fused-ring (bicyclic) bond motifs is 1. The number of carbonyl (C=O) groups excluding carboxylic acids is 1. The zero-order valence-electron chi connectivity index (χ0n) is 10.3. The Morgan fingerprint density at radius 3 is 2.83 bits per heavy atom. The van der Waals surface area contributed by atoms with Crippen molar-refractivity contribution in [1.29, 1.82) is 0 Å². The fraction of sp³-hybridized carbons (Fsp3) is 0.357. The number of rotatable bonds is 2. The monoisotopic (exact) mass is 244 g/mol. The summed E-state index contributed by atoms with van der Waals surface area (Å²) < 4.78 is 5.45. The average molecular weight is 244 g/mol. The van der Waals surface area contributed by atoms with Gasteiger partial charge in [0.2, 0.25) is 5.91 Å². The summed E-state index contributed by atoms with van der Waals surface area (Å²) in [7, 11) is 1.80. The quantitative estimate of drug-likeness (QED) is 0.880. The SMILES string of the molecule is CN(C(=O)C1CC(N)C1)c1coc2ccccc12. The van der Waals surface area contributed by atoms with Crippen molar-refractivity contribution in [2.75, 3.05) is 11.9 Å². The average Bonchev–Trinajstić information content (AvgIpc) is 2.77. The van der Waals surface area contributed by atoms with Gasteiger partial charge in [-0.05, 0) is 25.0 Å². The van der Waals surface area contributed by atoms with Crippen LogP contribution in [0.4, 0.5) is 5.69 Å². The van der Waals surface area contributed by atoms with Crippen LogP contribution in [0.5, 0.6) is 0 Å². The number of hydrogen-bond acceptors (Lipinski definition) is 3. The third-order valence-electron chi connectivity index (χ3n) is 3.68. The van der Waals surface area contributed by atoms with Gasteiger partial charge >= 0.3 is 0 Å². The minimum Gasteiger partial charge on any atom is -0.462 e. The lowest BCUT2D eigenvalue weighted by Crippen LogP contribution is -2.45. The van der Waals surface area contributed by atoms with Gasteiger partial charge in [0.05, 0.1) is 5.69 Å². The first-order valence-electron chi connectivity index (χ1n) is 6.16. The molecule has 1 heterocycles. The second kappa shape index (κ2) is 4.14. The molecule has 0 aliphatic heterocycles. The number of benzene rings is 1. The summed E-state index contributed by atoms with van der Waals surface area (Å²) in [6, 6.07) is 7.91. The number of furan rings is 1. The summed E-state index contributed by atoms with van der Waals surface area (Å²) in [5.41, 5.74) is 7.36. The molecule has 0 unspecified atom stereocenters. The van der Waals surface area contributed by atoms with E-state index in [-0.39, 0.29) is 17.9 Å². The zero-order valence-corrected chi connectivity index (χ0v) is 10.3. The first-order valence-corrected chi connectivity index (χ1v) is 6.16. The van der Waals surface area contributed by atoms with Gasteiger partial charge in [0, 0.05) is 24.4 Å². The predicted octanol–water partition coefficient (Wildman–Crippen LogP) is 2.13. The summed E-state index contributed by atoms with van der Waals surface area (Å²) in [5, 5.41) is 0.969. The molecule has 1 saturated carbocycles. The lowest BCUT2D eigenvalue weighted by atomic mass is 9.80. The van der Waals surface area contributed by atoms with Crippen LogP contribution in [0.25, 0.3) is 11.0 Å². The van der Waals surface area contributed by atoms with Crippen LogP contribution in [0.3, 0.4) is 0 Å². The smallest absolute Gasteiger partial charge is 0.230 e. The molecule has 1 aliphatic carbocycles. The Morgan fingerprint density at radius 2 is 2.11 bits per heavy atom. The van der Waals surface area contributed by atoms with E-state index in [1.807, 2.05) is 24.3 Å². The third-order valence-corrected chi connectivity index (χ3v) is 3.68. The summed E-state index contributed by atoms with van der Waals surface area (Å²) >= 11 is 0. The van der Waals surface area contributed by atoms with Crippen LogP contribution in [0, 0.1) is 5.92 Å². The number of para-hydroxylation sites is 1. The summed E-state index contributed by atoms with van der Waals surface area (Å²) in [5.74, 6) is 0.196. The largest absolute Gasteiger partial charge is 0.462 e. The van der Waals surface area contributed by atoms with Gasteiger partial charge in [-0.3, -0.25) is 4.79 Å². The Labute approximate surface area is 105 Å². The highest BCUT2D eigenvalue weighted by molar-refractivity contribution is 6.03. The molecule has 3 rings (SSSR count). The van der Waals surface area contributed by atoms with Gasteiger partial charge in [-0.2, -0.15) is 0 Å². The van der Waals surface area contributed by atoms with Crippen LogP contribution < -0.4 is 10.6 Å². The Hall–Kier alpha value is -1.81. The number of nitrogens with two attached hydrogens (primary N) is 1. The zero-order chi connectivity index (χ0) is 12.7. The van der Waals surface area contributed by atoms with Gasteiger partial charge in [-0.25, -0.2) is 0 Å². The van der Waals surface area contributed by atoms with Gasteiger partial charge in [-0.1, -0.05) is 12.1 Å². The highest BCUT2D eigenvalue weighted by Gasteiger charge is 2.34. The standard InChI is InChI=1S/C14H16N2O2/c1-16(14(17)9-6-10(15)7-9)12-8-18-13-5-3-2-4-11(12)13/h2-5,8-10H,6-7,15H2,1H3. The molecule has 0 bridgehead atoms. The predicted molar refractivity (Wildman–Crippen MR) is 70.3 cm³/mol. The third kappa shape index (κ3) is 1.69. The molecule has 2 N–H and O–H groups in total. The molecule has 2 aromatic rings. The van der Waals surface area contributed by atoms with Gasteiger partial charge in [-0.15, -0.1) is 0 Å². The van der Waals surface area contributed by atoms with Gasteiger partial charge in [0.25, 0.3) is 0 Å². The molecule has 0 atom stereocenters. The molecule has 1 fully saturated rings. The topological polar surface area (TPSA) is 59.5 Å². The maximum atomic E-state index is 12.2. The molecule has 1 aromatic heterocycles. The van der Waals surface area contributed by atoms with E-state index in [9.17, 15) is 4.79 Å². The van der Waals surface area contributed by atoms with Crippen LogP contribution in [-0.4, -0.2) is 19.0 Å². The molecule has 0 saturated heterocycles. The Kier molecular flexibility index (Phi) is 2.59. The van der Waals surface area contributed by atoms with Gasteiger partial charge in [0.15, 0.2) is 0 Å². The van der Waals surface area contributed by atoms with E-state index < -0.39 is 0 Å². The fourth-order valence-corrected chi connectivity index (χ4v) is 2.48. The van der Waals surface area contributed by atoms with Crippen molar-refractivity contribution in [1.82, 2.24) is 0 Å². The van der Waals surface area contributed by atoms with Crippen molar-refractivity contribution in [2.45, 2.75) is 18.9 Å². The van der Waals surface area contributed by atoms with Crippen molar-refractivity contribution >= 4 is 22.6 Å². The Balaban J connectivity index is 1.87. The number of hydrogen-bond donors (Lipinski definition) is 1. The van der Waals surface area contributed by atoms with E-state index in [1.165, 1.54) is 0 Å². The molecular formula is C14H16N2O2. The van der Waals surface area contributed by atoms with E-state index in [0.29, 0.717) is 0 Å². The van der Waals surface area contributed by atoms with Crippen molar-refractivity contribution < 1.29 is 9.21 Å². The van der Waals surface area contributed by atoms with E-state index in [1.54, 1.807) is 18.2 Å². The van der Waals surface area contributed by atoms with Crippen molar-refractivity contribution in [3.8, 4) is 0 Å². The number of amides is 1. The molecule has 94 valence electrons. The normalized spacial score (nSPS) is 22.8. The molecule has 4 heteroatoms. The fourth-order valence-electron chi connectivity index (χ4n) is 2.48. The second-order valence-electron chi connectivity index (χ2n) is 4.94. The molecule has 1 aliphatic rings. The Bertz CT molecular complexity index is 584. The number of anilines is 1. The molecule has 1 aromatic carbocycles. The summed E-state index contributed by atoms with van der Waals surface area (Å²) in [6.45, 7) is 0. The maximum absolute atomic E-state index is 12.2. The highest BCUT2D eigenvalue weighted by Crippen LogP contribution is 2.32. The van der Waals surface area contributed by atoms with Crippen molar-refractivity contribution in [2.24, 2.45) is 11.7 Å². The molecule has 0 radical (unpaired) electrons. The van der Waals surface area contributed by atoms with Gasteiger partial charge in [0.1, 0.15) is 11.8 Å². The lowest BCUT2D eigenvalue weighted by molar-refractivity contribution is -0.124. The van der Waals surface area contributed by atoms with E-state index in [2.05, 4.69) is 0 Å². The second-order valence-corrected chi connectivity index (χ2v) is 4.94. The van der Waals surface area contributed by atoms with Crippen LogP contribution in [0.1, 0.15) is 12.8 Å². The van der Waals surface area contributed by atoms with E-state index in [0.717, 1.165) is 29.5 Å². The van der Waals surface area contributed by atoms with Crippen LogP contribution in [-0.2, 0) is 4.79 Å². The molecule has 18 heavy (non-hydrogen) atoms. The minimum absolute atomic E-state index is 0.0682. The van der Waals surface area contributed by atoms with Crippen LogP contribution in [0.2, 0.25) is 0 Å². The first-order chi connectivity index (χ1) is 8.66.